The van der Waals surface area contributed by atoms with E-state index in [0.717, 1.165) is 12.2 Å². The van der Waals surface area contributed by atoms with Gasteiger partial charge in [0.1, 0.15) is 0 Å². The van der Waals surface area contributed by atoms with Gasteiger partial charge in [0.2, 0.25) is 0 Å². The molecule has 0 atom stereocenters. The van der Waals surface area contributed by atoms with Crippen LogP contribution in [0.3, 0.4) is 0 Å². The molecule has 0 aromatic heterocycles. The van der Waals surface area contributed by atoms with E-state index >= 15 is 0 Å². The highest BCUT2D eigenvalue weighted by Crippen LogP contribution is 2.22. The summed E-state index contributed by atoms with van der Waals surface area (Å²) < 4.78 is 0. The van der Waals surface area contributed by atoms with Crippen LogP contribution in [0.1, 0.15) is 58.3 Å². The minimum Gasteiger partial charge on any atom is -0.399 e. The summed E-state index contributed by atoms with van der Waals surface area (Å²) in [5, 5.41) is 3.52. The number of nitrogens with two attached hydrogens (primary N) is 1. The number of hydrogen-bond donors (Lipinski definition) is 2. The second-order valence-electron chi connectivity index (χ2n) is 6.60. The second-order valence-corrected chi connectivity index (χ2v) is 6.60. The van der Waals surface area contributed by atoms with E-state index in [1.807, 2.05) is 12.1 Å². The Morgan fingerprint density at radius 3 is 1.75 bits per heavy atom. The molecule has 0 amide bonds. The zero-order chi connectivity index (χ0) is 17.0. The van der Waals surface area contributed by atoms with Gasteiger partial charge in [0.05, 0.1) is 0 Å². The molecule has 24 heavy (non-hydrogen) atoms. The third-order valence-corrected chi connectivity index (χ3v) is 4.49. The minimum atomic E-state index is 0.808. The van der Waals surface area contributed by atoms with Crippen molar-refractivity contribution in [2.45, 2.75) is 58.3 Å². The van der Waals surface area contributed by atoms with Crippen molar-refractivity contribution in [3.05, 3.63) is 48.5 Å². The quantitative estimate of drug-likeness (QED) is 0.366. The van der Waals surface area contributed by atoms with Gasteiger partial charge < -0.3 is 11.1 Å². The molecule has 3 N–H and O–H groups in total. The minimum absolute atomic E-state index is 0.808. The van der Waals surface area contributed by atoms with Crippen molar-refractivity contribution in [1.29, 1.82) is 0 Å². The number of hydrogen-bond acceptors (Lipinski definition) is 2. The fraction of sp³-hybridized carbons (Fsp3) is 0.455. The zero-order valence-electron chi connectivity index (χ0n) is 15.1. The highest BCUT2D eigenvalue weighted by Gasteiger charge is 1.98. The summed E-state index contributed by atoms with van der Waals surface area (Å²) >= 11 is 0. The average molecular weight is 325 g/mol. The van der Waals surface area contributed by atoms with Gasteiger partial charge in [-0.1, -0.05) is 76.1 Å². The number of anilines is 2. The standard InChI is InChI=1S/C22H32N2/c1-2-3-4-5-6-7-8-9-18-24-22-16-12-20(13-17-22)19-10-14-21(23)15-11-19/h10-17,24H,2-9,18,23H2,1H3. The molecule has 2 aromatic rings. The SMILES string of the molecule is CCCCCCCCCCNc1ccc(-c2ccc(N)cc2)cc1. The van der Waals surface area contributed by atoms with E-state index in [-0.39, 0.29) is 0 Å². The molecule has 0 aliphatic carbocycles. The van der Waals surface area contributed by atoms with Gasteiger partial charge in [-0.05, 0) is 41.8 Å². The maximum absolute atomic E-state index is 5.74. The van der Waals surface area contributed by atoms with Crippen molar-refractivity contribution < 1.29 is 0 Å². The van der Waals surface area contributed by atoms with E-state index in [1.54, 1.807) is 0 Å². The van der Waals surface area contributed by atoms with Crippen LogP contribution in [0.15, 0.2) is 48.5 Å². The van der Waals surface area contributed by atoms with Crippen LogP contribution in [0.2, 0.25) is 0 Å². The average Bonchev–Trinajstić information content (AvgIpc) is 2.62. The predicted octanol–water partition coefficient (Wildman–Crippen LogP) is 6.49. The largest absolute Gasteiger partial charge is 0.399 e. The van der Waals surface area contributed by atoms with E-state index in [1.165, 1.54) is 68.2 Å². The Bertz CT molecular complexity index is 558. The van der Waals surface area contributed by atoms with E-state index < -0.39 is 0 Å². The summed E-state index contributed by atoms with van der Waals surface area (Å²) in [6, 6.07) is 16.7. The molecular weight excluding hydrogens is 292 g/mol. The smallest absolute Gasteiger partial charge is 0.0340 e. The topological polar surface area (TPSA) is 38.0 Å². The Hall–Kier alpha value is -1.96. The Balaban J connectivity index is 1.63. The first-order chi connectivity index (χ1) is 11.8. The van der Waals surface area contributed by atoms with Crippen molar-refractivity contribution >= 4 is 11.4 Å². The monoisotopic (exact) mass is 324 g/mol. The Kier molecular flexibility index (Phi) is 8.23. The molecule has 0 radical (unpaired) electrons. The zero-order valence-corrected chi connectivity index (χ0v) is 15.1. The Labute approximate surface area is 147 Å². The molecule has 0 aliphatic rings. The highest BCUT2D eigenvalue weighted by molar-refractivity contribution is 5.67. The maximum Gasteiger partial charge on any atom is 0.0340 e. The molecule has 0 unspecified atom stereocenters. The van der Waals surface area contributed by atoms with Gasteiger partial charge >= 0.3 is 0 Å². The summed E-state index contributed by atoms with van der Waals surface area (Å²) in [5.41, 5.74) is 10.2. The molecule has 2 rings (SSSR count). The first-order valence-electron chi connectivity index (χ1n) is 9.49. The van der Waals surface area contributed by atoms with Crippen LogP contribution in [0, 0.1) is 0 Å². The Morgan fingerprint density at radius 1 is 0.667 bits per heavy atom. The molecule has 0 heterocycles. The summed E-state index contributed by atoms with van der Waals surface area (Å²) in [5.74, 6) is 0. The summed E-state index contributed by atoms with van der Waals surface area (Å²) in [7, 11) is 0. The lowest BCUT2D eigenvalue weighted by atomic mass is 10.1. The van der Waals surface area contributed by atoms with Gasteiger partial charge in [-0.3, -0.25) is 0 Å². The number of nitrogen functional groups attached to an aromatic ring is 1. The van der Waals surface area contributed by atoms with Crippen molar-refractivity contribution in [3.8, 4) is 11.1 Å². The van der Waals surface area contributed by atoms with Gasteiger partial charge in [-0.25, -0.2) is 0 Å². The number of rotatable bonds is 11. The molecule has 2 nitrogen and oxygen atoms in total. The van der Waals surface area contributed by atoms with Gasteiger partial charge in [-0.15, -0.1) is 0 Å². The lowest BCUT2D eigenvalue weighted by Crippen LogP contribution is -2.01. The molecule has 0 spiro atoms. The molecule has 0 fully saturated rings. The van der Waals surface area contributed by atoms with Crippen molar-refractivity contribution in [2.75, 3.05) is 17.6 Å². The number of nitrogens with one attached hydrogen (secondary N) is 1. The summed E-state index contributed by atoms with van der Waals surface area (Å²) in [4.78, 5) is 0. The molecule has 0 saturated carbocycles. The normalized spacial score (nSPS) is 10.7. The van der Waals surface area contributed by atoms with Crippen LogP contribution in [0.4, 0.5) is 11.4 Å². The summed E-state index contributed by atoms with van der Waals surface area (Å²) in [6.45, 7) is 3.34. The predicted molar refractivity (Wildman–Crippen MR) is 107 cm³/mol. The third-order valence-electron chi connectivity index (χ3n) is 4.49. The number of unbranched alkanes of at least 4 members (excludes halogenated alkanes) is 7. The van der Waals surface area contributed by atoms with Crippen molar-refractivity contribution in [3.63, 3.8) is 0 Å². The first kappa shape index (κ1) is 18.4. The summed E-state index contributed by atoms with van der Waals surface area (Å²) in [6.07, 6.45) is 10.9. The molecule has 2 aromatic carbocycles. The van der Waals surface area contributed by atoms with Gasteiger partial charge in [0, 0.05) is 17.9 Å². The van der Waals surface area contributed by atoms with Crippen LogP contribution in [0.25, 0.3) is 11.1 Å². The fourth-order valence-corrected chi connectivity index (χ4v) is 2.95. The molecule has 0 bridgehead atoms. The first-order valence-corrected chi connectivity index (χ1v) is 9.49. The van der Waals surface area contributed by atoms with Crippen LogP contribution in [-0.4, -0.2) is 6.54 Å². The molecule has 2 heteroatoms. The van der Waals surface area contributed by atoms with Crippen LogP contribution in [0.5, 0.6) is 0 Å². The lowest BCUT2D eigenvalue weighted by Gasteiger charge is -2.08. The second kappa shape index (κ2) is 10.7. The lowest BCUT2D eigenvalue weighted by molar-refractivity contribution is 0.581. The number of benzene rings is 2. The maximum atomic E-state index is 5.74. The van der Waals surface area contributed by atoms with Gasteiger partial charge in [0.15, 0.2) is 0 Å². The van der Waals surface area contributed by atoms with Gasteiger partial charge in [-0.2, -0.15) is 0 Å². The van der Waals surface area contributed by atoms with Crippen molar-refractivity contribution in [2.24, 2.45) is 0 Å². The van der Waals surface area contributed by atoms with Crippen molar-refractivity contribution in [1.82, 2.24) is 0 Å². The van der Waals surface area contributed by atoms with Crippen LogP contribution < -0.4 is 11.1 Å². The van der Waals surface area contributed by atoms with Gasteiger partial charge in [0.25, 0.3) is 0 Å². The Morgan fingerprint density at radius 2 is 1.17 bits per heavy atom. The van der Waals surface area contributed by atoms with Crippen LogP contribution in [-0.2, 0) is 0 Å². The van der Waals surface area contributed by atoms with Crippen LogP contribution >= 0.6 is 0 Å². The van der Waals surface area contributed by atoms with E-state index in [9.17, 15) is 0 Å². The van der Waals surface area contributed by atoms with E-state index in [0.29, 0.717) is 0 Å². The molecule has 130 valence electrons. The van der Waals surface area contributed by atoms with E-state index in [2.05, 4.69) is 48.6 Å². The third kappa shape index (κ3) is 6.66. The molecule has 0 saturated heterocycles. The van der Waals surface area contributed by atoms with E-state index in [4.69, 9.17) is 5.73 Å². The molecular formula is C22H32N2. The fourth-order valence-electron chi connectivity index (χ4n) is 2.95. The molecule has 0 aliphatic heterocycles. The highest BCUT2D eigenvalue weighted by atomic mass is 14.9.